The molecule has 0 aromatic carbocycles. The molecule has 2 N–H and O–H groups in total. The van der Waals surface area contributed by atoms with Crippen LogP contribution in [0.4, 0.5) is 0 Å². The standard InChI is InChI=1S/C11H14BrN3S/c1-7-3-9(15(2)14-7)5-10(13)11-4-8(12)6-16-11/h3-4,6,10H,5,13H2,1-2H3. The summed E-state index contributed by atoms with van der Waals surface area (Å²) in [6.45, 7) is 2.00. The number of nitrogens with zero attached hydrogens (tertiary/aromatic N) is 2. The molecule has 2 heterocycles. The van der Waals surface area contributed by atoms with E-state index in [0.29, 0.717) is 0 Å². The van der Waals surface area contributed by atoms with Crippen molar-refractivity contribution in [1.29, 1.82) is 0 Å². The van der Waals surface area contributed by atoms with Gasteiger partial charge in [0.15, 0.2) is 0 Å². The second kappa shape index (κ2) is 4.69. The Labute approximate surface area is 107 Å². The van der Waals surface area contributed by atoms with E-state index in [-0.39, 0.29) is 6.04 Å². The predicted molar refractivity (Wildman–Crippen MR) is 70.6 cm³/mol. The first-order valence-electron chi connectivity index (χ1n) is 5.05. The largest absolute Gasteiger partial charge is 0.323 e. The van der Waals surface area contributed by atoms with Crippen molar-refractivity contribution in [2.45, 2.75) is 19.4 Å². The molecule has 2 aromatic rings. The average Bonchev–Trinajstić information content (AvgIpc) is 2.74. The Kier molecular flexibility index (Phi) is 3.47. The second-order valence-electron chi connectivity index (χ2n) is 3.88. The lowest BCUT2D eigenvalue weighted by molar-refractivity contribution is 0.645. The first-order chi connectivity index (χ1) is 7.56. The van der Waals surface area contributed by atoms with Crippen LogP contribution in [0.1, 0.15) is 22.3 Å². The van der Waals surface area contributed by atoms with Crippen LogP contribution in [-0.4, -0.2) is 9.78 Å². The molecule has 5 heteroatoms. The highest BCUT2D eigenvalue weighted by molar-refractivity contribution is 9.10. The molecule has 0 bridgehead atoms. The van der Waals surface area contributed by atoms with Gasteiger partial charge in [-0.25, -0.2) is 0 Å². The summed E-state index contributed by atoms with van der Waals surface area (Å²) in [4.78, 5) is 1.20. The molecular formula is C11H14BrN3S. The summed E-state index contributed by atoms with van der Waals surface area (Å²) in [6, 6.07) is 4.22. The van der Waals surface area contributed by atoms with Crippen molar-refractivity contribution < 1.29 is 0 Å². The molecule has 0 fully saturated rings. The fourth-order valence-corrected chi connectivity index (χ4v) is 3.15. The molecular weight excluding hydrogens is 286 g/mol. The lowest BCUT2D eigenvalue weighted by Crippen LogP contribution is -2.14. The molecule has 0 radical (unpaired) electrons. The molecule has 1 unspecified atom stereocenters. The number of thiophene rings is 1. The minimum Gasteiger partial charge on any atom is -0.323 e. The van der Waals surface area contributed by atoms with Gasteiger partial charge in [0.2, 0.25) is 0 Å². The topological polar surface area (TPSA) is 43.8 Å². The van der Waals surface area contributed by atoms with Crippen LogP contribution < -0.4 is 5.73 Å². The molecule has 2 aromatic heterocycles. The smallest absolute Gasteiger partial charge is 0.0596 e. The quantitative estimate of drug-likeness (QED) is 0.947. The normalized spacial score (nSPS) is 13.0. The van der Waals surface area contributed by atoms with Crippen molar-refractivity contribution >= 4 is 27.3 Å². The van der Waals surface area contributed by atoms with Crippen LogP contribution in [0.3, 0.4) is 0 Å². The highest BCUT2D eigenvalue weighted by Crippen LogP contribution is 2.26. The number of aromatic nitrogens is 2. The molecule has 86 valence electrons. The zero-order chi connectivity index (χ0) is 11.7. The summed E-state index contributed by atoms with van der Waals surface area (Å²) in [7, 11) is 1.96. The van der Waals surface area contributed by atoms with Crippen molar-refractivity contribution in [2.24, 2.45) is 12.8 Å². The zero-order valence-electron chi connectivity index (χ0n) is 9.27. The molecule has 16 heavy (non-hydrogen) atoms. The Bertz CT molecular complexity index is 489. The number of aryl methyl sites for hydroxylation is 2. The van der Waals surface area contributed by atoms with E-state index in [1.165, 1.54) is 10.6 Å². The van der Waals surface area contributed by atoms with Gasteiger partial charge in [-0.2, -0.15) is 5.10 Å². The number of nitrogens with two attached hydrogens (primary N) is 1. The van der Waals surface area contributed by atoms with Gasteiger partial charge in [0.1, 0.15) is 0 Å². The van der Waals surface area contributed by atoms with Crippen LogP contribution in [0, 0.1) is 6.92 Å². The zero-order valence-corrected chi connectivity index (χ0v) is 11.7. The van der Waals surface area contributed by atoms with E-state index in [9.17, 15) is 0 Å². The monoisotopic (exact) mass is 299 g/mol. The molecule has 3 nitrogen and oxygen atoms in total. The lowest BCUT2D eigenvalue weighted by Gasteiger charge is -2.09. The predicted octanol–water partition coefficient (Wildman–Crippen LogP) is 2.80. The fraction of sp³-hybridized carbons (Fsp3) is 0.364. The van der Waals surface area contributed by atoms with Crippen LogP contribution in [0.5, 0.6) is 0 Å². The van der Waals surface area contributed by atoms with E-state index >= 15 is 0 Å². The maximum absolute atomic E-state index is 6.17. The molecule has 0 aliphatic heterocycles. The summed E-state index contributed by atoms with van der Waals surface area (Å²) in [6.07, 6.45) is 0.824. The van der Waals surface area contributed by atoms with E-state index in [1.54, 1.807) is 11.3 Å². The molecule has 0 amide bonds. The Morgan fingerprint density at radius 3 is 2.81 bits per heavy atom. The minimum atomic E-state index is 0.0473. The van der Waals surface area contributed by atoms with E-state index in [4.69, 9.17) is 5.73 Å². The summed E-state index contributed by atoms with van der Waals surface area (Å²) in [5, 5.41) is 6.38. The highest BCUT2D eigenvalue weighted by Gasteiger charge is 2.12. The number of rotatable bonds is 3. The first-order valence-corrected chi connectivity index (χ1v) is 6.72. The van der Waals surface area contributed by atoms with Crippen molar-refractivity contribution in [3.63, 3.8) is 0 Å². The van der Waals surface area contributed by atoms with Gasteiger partial charge >= 0.3 is 0 Å². The van der Waals surface area contributed by atoms with Gasteiger partial charge in [0.05, 0.1) is 5.69 Å². The SMILES string of the molecule is Cc1cc(CC(N)c2cc(Br)cs2)n(C)n1. The molecule has 0 saturated carbocycles. The maximum Gasteiger partial charge on any atom is 0.0596 e. The molecule has 0 spiro atoms. The van der Waals surface area contributed by atoms with Crippen LogP contribution in [0.2, 0.25) is 0 Å². The summed E-state index contributed by atoms with van der Waals surface area (Å²) < 4.78 is 3.00. The molecule has 0 saturated heterocycles. The van der Waals surface area contributed by atoms with Crippen LogP contribution in [0.25, 0.3) is 0 Å². The Morgan fingerprint density at radius 2 is 2.31 bits per heavy atom. The van der Waals surface area contributed by atoms with Crippen LogP contribution in [-0.2, 0) is 13.5 Å². The second-order valence-corrected chi connectivity index (χ2v) is 5.74. The van der Waals surface area contributed by atoms with E-state index in [1.807, 2.05) is 18.7 Å². The fourth-order valence-electron chi connectivity index (χ4n) is 1.70. The van der Waals surface area contributed by atoms with Gasteiger partial charge in [-0.05, 0) is 35.0 Å². The lowest BCUT2D eigenvalue weighted by atomic mass is 10.1. The molecule has 0 aliphatic carbocycles. The molecule has 1 atom stereocenters. The highest BCUT2D eigenvalue weighted by atomic mass is 79.9. The van der Waals surface area contributed by atoms with Crippen LogP contribution in [0.15, 0.2) is 22.0 Å². The average molecular weight is 300 g/mol. The van der Waals surface area contributed by atoms with Gasteiger partial charge in [0.25, 0.3) is 0 Å². The number of hydrogen-bond acceptors (Lipinski definition) is 3. The summed E-state index contributed by atoms with van der Waals surface area (Å²) in [5.74, 6) is 0. The van der Waals surface area contributed by atoms with Crippen molar-refractivity contribution in [1.82, 2.24) is 9.78 Å². The van der Waals surface area contributed by atoms with Gasteiger partial charge in [0, 0.05) is 39.9 Å². The van der Waals surface area contributed by atoms with Crippen LogP contribution >= 0.6 is 27.3 Å². The third-order valence-electron chi connectivity index (χ3n) is 2.48. The van der Waals surface area contributed by atoms with E-state index in [2.05, 4.69) is 38.5 Å². The molecule has 2 rings (SSSR count). The van der Waals surface area contributed by atoms with Crippen molar-refractivity contribution in [2.75, 3.05) is 0 Å². The van der Waals surface area contributed by atoms with Gasteiger partial charge in [-0.15, -0.1) is 11.3 Å². The van der Waals surface area contributed by atoms with Gasteiger partial charge in [-0.3, -0.25) is 4.68 Å². The van der Waals surface area contributed by atoms with E-state index in [0.717, 1.165) is 16.6 Å². The summed E-state index contributed by atoms with van der Waals surface area (Å²) >= 11 is 5.13. The van der Waals surface area contributed by atoms with Crippen molar-refractivity contribution in [3.05, 3.63) is 38.3 Å². The van der Waals surface area contributed by atoms with Crippen molar-refractivity contribution in [3.8, 4) is 0 Å². The maximum atomic E-state index is 6.17. The van der Waals surface area contributed by atoms with Gasteiger partial charge < -0.3 is 5.73 Å². The third kappa shape index (κ3) is 2.53. The van der Waals surface area contributed by atoms with E-state index < -0.39 is 0 Å². The first kappa shape index (κ1) is 11.8. The minimum absolute atomic E-state index is 0.0473. The Morgan fingerprint density at radius 1 is 1.56 bits per heavy atom. The van der Waals surface area contributed by atoms with Gasteiger partial charge in [-0.1, -0.05) is 0 Å². The number of halogens is 1. The molecule has 0 aliphatic rings. The Balaban J connectivity index is 2.13. The third-order valence-corrected chi connectivity index (χ3v) is 4.31. The summed E-state index contributed by atoms with van der Waals surface area (Å²) in [5.41, 5.74) is 8.38. The Hall–Kier alpha value is -0.650. The number of hydrogen-bond donors (Lipinski definition) is 1.